The highest BCUT2D eigenvalue weighted by Gasteiger charge is 2.24. The van der Waals surface area contributed by atoms with Gasteiger partial charge in [-0.05, 0) is 32.4 Å². The predicted molar refractivity (Wildman–Crippen MR) is 108 cm³/mol. The Morgan fingerprint density at radius 2 is 1.69 bits per heavy atom. The van der Waals surface area contributed by atoms with Crippen molar-refractivity contribution in [1.29, 1.82) is 0 Å². The average molecular weight is 396 g/mol. The Bertz CT molecular complexity index is 844. The summed E-state index contributed by atoms with van der Waals surface area (Å²) in [5, 5.41) is 4.44. The molecule has 0 bridgehead atoms. The molecule has 1 aromatic heterocycles. The molecule has 1 heterocycles. The van der Waals surface area contributed by atoms with Crippen LogP contribution in [0.2, 0.25) is 0 Å². The first-order valence-corrected chi connectivity index (χ1v) is 11.0. The number of nitrogens with zero attached hydrogens (tertiary/aromatic N) is 1. The van der Waals surface area contributed by atoms with Crippen LogP contribution in [0.5, 0.6) is 0 Å². The predicted octanol–water partition coefficient (Wildman–Crippen LogP) is 3.81. The monoisotopic (exact) mass is 395 g/mol. The molecule has 5 nitrogen and oxygen atoms in total. The van der Waals surface area contributed by atoms with Crippen LogP contribution in [0.15, 0.2) is 35.4 Å². The molecule has 0 atom stereocenters. The van der Waals surface area contributed by atoms with E-state index in [9.17, 15) is 8.42 Å². The second-order valence-electron chi connectivity index (χ2n) is 8.45. The zero-order chi connectivity index (χ0) is 19.6. The SMILES string of the molecule is CC(C)(C)NS(=O)(=O)c1ccccc1CNCc1cnc(C(C)(C)C)s1. The molecule has 0 saturated heterocycles. The number of thiazole rings is 1. The molecule has 0 aliphatic carbocycles. The molecule has 0 fully saturated rings. The standard InChI is InChI=1S/C19H29N3O2S2/c1-18(2,3)17-21-13-15(25-17)12-20-11-14-9-7-8-10-16(14)26(23,24)22-19(4,5)6/h7-10,13,20,22H,11-12H2,1-6H3. The van der Waals surface area contributed by atoms with Gasteiger partial charge in [-0.3, -0.25) is 0 Å². The Morgan fingerprint density at radius 1 is 1.04 bits per heavy atom. The average Bonchev–Trinajstić information content (AvgIpc) is 2.94. The minimum Gasteiger partial charge on any atom is -0.308 e. The summed E-state index contributed by atoms with van der Waals surface area (Å²) < 4.78 is 28.1. The van der Waals surface area contributed by atoms with Crippen LogP contribution in [-0.2, 0) is 28.5 Å². The van der Waals surface area contributed by atoms with Crippen molar-refractivity contribution in [3.05, 3.63) is 45.9 Å². The van der Waals surface area contributed by atoms with Gasteiger partial charge in [-0.15, -0.1) is 11.3 Å². The van der Waals surface area contributed by atoms with Gasteiger partial charge in [0.15, 0.2) is 0 Å². The lowest BCUT2D eigenvalue weighted by molar-refractivity contribution is 0.490. The van der Waals surface area contributed by atoms with Crippen molar-refractivity contribution in [2.45, 2.75) is 70.5 Å². The van der Waals surface area contributed by atoms with E-state index in [1.165, 1.54) is 0 Å². The van der Waals surface area contributed by atoms with E-state index in [0.717, 1.165) is 15.4 Å². The largest absolute Gasteiger partial charge is 0.308 e. The lowest BCUT2D eigenvalue weighted by atomic mass is 9.98. The molecule has 1 aromatic carbocycles. The van der Waals surface area contributed by atoms with Crippen LogP contribution in [0.3, 0.4) is 0 Å². The van der Waals surface area contributed by atoms with Gasteiger partial charge in [-0.2, -0.15) is 0 Å². The first-order chi connectivity index (χ1) is 11.9. The smallest absolute Gasteiger partial charge is 0.241 e. The van der Waals surface area contributed by atoms with Crippen molar-refractivity contribution in [3.63, 3.8) is 0 Å². The van der Waals surface area contributed by atoms with Crippen molar-refractivity contribution in [3.8, 4) is 0 Å². The highest BCUT2D eigenvalue weighted by atomic mass is 32.2. The minimum atomic E-state index is -3.56. The summed E-state index contributed by atoms with van der Waals surface area (Å²) in [6, 6.07) is 7.10. The Labute approximate surface area is 161 Å². The quantitative estimate of drug-likeness (QED) is 0.780. The van der Waals surface area contributed by atoms with E-state index >= 15 is 0 Å². The van der Waals surface area contributed by atoms with Gasteiger partial charge in [-0.1, -0.05) is 39.0 Å². The molecule has 26 heavy (non-hydrogen) atoms. The van der Waals surface area contributed by atoms with Gasteiger partial charge in [0, 0.05) is 35.1 Å². The number of sulfonamides is 1. The normalized spacial score (nSPS) is 13.2. The van der Waals surface area contributed by atoms with Crippen LogP contribution in [0.4, 0.5) is 0 Å². The molecule has 0 radical (unpaired) electrons. The third-order valence-corrected chi connectivity index (χ3v) is 6.79. The van der Waals surface area contributed by atoms with Gasteiger partial charge in [-0.25, -0.2) is 18.1 Å². The first-order valence-electron chi connectivity index (χ1n) is 8.66. The van der Waals surface area contributed by atoms with Crippen molar-refractivity contribution in [2.24, 2.45) is 0 Å². The maximum Gasteiger partial charge on any atom is 0.241 e. The number of aromatic nitrogens is 1. The van der Waals surface area contributed by atoms with Crippen LogP contribution in [0, 0.1) is 0 Å². The summed E-state index contributed by atoms with van der Waals surface area (Å²) in [6.45, 7) is 13.1. The molecule has 2 rings (SSSR count). The topological polar surface area (TPSA) is 71.1 Å². The van der Waals surface area contributed by atoms with Gasteiger partial charge < -0.3 is 5.32 Å². The Hall–Kier alpha value is -1.28. The van der Waals surface area contributed by atoms with Gasteiger partial charge in [0.25, 0.3) is 0 Å². The zero-order valence-electron chi connectivity index (χ0n) is 16.4. The molecule has 0 saturated carbocycles. The number of nitrogens with one attached hydrogen (secondary N) is 2. The molecule has 0 aliphatic heterocycles. The summed E-state index contributed by atoms with van der Waals surface area (Å²) in [7, 11) is -3.56. The molecule has 7 heteroatoms. The fraction of sp³-hybridized carbons (Fsp3) is 0.526. The van der Waals surface area contributed by atoms with E-state index in [2.05, 4.69) is 35.8 Å². The summed E-state index contributed by atoms with van der Waals surface area (Å²) in [5.41, 5.74) is 0.276. The number of hydrogen-bond donors (Lipinski definition) is 2. The molecule has 0 spiro atoms. The third kappa shape index (κ3) is 5.87. The van der Waals surface area contributed by atoms with Gasteiger partial charge in [0.05, 0.1) is 9.90 Å². The third-order valence-electron chi connectivity index (χ3n) is 3.51. The lowest BCUT2D eigenvalue weighted by Gasteiger charge is -2.21. The van der Waals surface area contributed by atoms with Crippen molar-refractivity contribution in [2.75, 3.05) is 0 Å². The summed E-state index contributed by atoms with van der Waals surface area (Å²) in [4.78, 5) is 5.95. The summed E-state index contributed by atoms with van der Waals surface area (Å²) >= 11 is 1.69. The number of hydrogen-bond acceptors (Lipinski definition) is 5. The van der Waals surface area contributed by atoms with Gasteiger partial charge >= 0.3 is 0 Å². The van der Waals surface area contributed by atoms with Gasteiger partial charge in [0.2, 0.25) is 10.0 Å². The maximum atomic E-state index is 12.7. The fourth-order valence-corrected chi connectivity index (χ4v) is 5.03. The molecule has 0 unspecified atom stereocenters. The van der Waals surface area contributed by atoms with Crippen LogP contribution >= 0.6 is 11.3 Å². The van der Waals surface area contributed by atoms with Crippen molar-refractivity contribution >= 4 is 21.4 Å². The zero-order valence-corrected chi connectivity index (χ0v) is 18.0. The second-order valence-corrected chi connectivity index (χ2v) is 11.2. The number of benzene rings is 1. The molecule has 0 aliphatic rings. The lowest BCUT2D eigenvalue weighted by Crippen LogP contribution is -2.40. The fourth-order valence-electron chi connectivity index (χ4n) is 2.43. The van der Waals surface area contributed by atoms with Crippen LogP contribution in [0.1, 0.15) is 57.0 Å². The molecular formula is C19H29N3O2S2. The molecule has 2 aromatic rings. The van der Waals surface area contributed by atoms with Crippen LogP contribution in [0.25, 0.3) is 0 Å². The molecular weight excluding hydrogens is 366 g/mol. The highest BCUT2D eigenvalue weighted by molar-refractivity contribution is 7.89. The Kier molecular flexibility index (Phi) is 6.28. The first kappa shape index (κ1) is 21.0. The van der Waals surface area contributed by atoms with E-state index in [-0.39, 0.29) is 5.41 Å². The Balaban J connectivity index is 2.08. The summed E-state index contributed by atoms with van der Waals surface area (Å²) in [6.07, 6.45) is 1.89. The van der Waals surface area contributed by atoms with E-state index in [4.69, 9.17) is 0 Å². The van der Waals surface area contributed by atoms with Crippen LogP contribution < -0.4 is 10.0 Å². The summed E-state index contributed by atoms with van der Waals surface area (Å²) in [5.74, 6) is 0. The maximum absolute atomic E-state index is 12.7. The molecule has 0 amide bonds. The van der Waals surface area contributed by atoms with Crippen LogP contribution in [-0.4, -0.2) is 18.9 Å². The molecule has 2 N–H and O–H groups in total. The van der Waals surface area contributed by atoms with E-state index in [0.29, 0.717) is 18.0 Å². The highest BCUT2D eigenvalue weighted by Crippen LogP contribution is 2.26. The second kappa shape index (κ2) is 7.76. The molecule has 144 valence electrons. The van der Waals surface area contributed by atoms with Crippen molar-refractivity contribution in [1.82, 2.24) is 15.0 Å². The van der Waals surface area contributed by atoms with Gasteiger partial charge in [0.1, 0.15) is 0 Å². The number of rotatable bonds is 6. The van der Waals surface area contributed by atoms with Crippen molar-refractivity contribution < 1.29 is 8.42 Å². The Morgan fingerprint density at radius 3 is 2.27 bits per heavy atom. The van der Waals surface area contributed by atoms with E-state index < -0.39 is 15.6 Å². The minimum absolute atomic E-state index is 0.0439. The van der Waals surface area contributed by atoms with E-state index in [1.807, 2.05) is 39.1 Å². The van der Waals surface area contributed by atoms with E-state index in [1.54, 1.807) is 23.5 Å².